The third-order valence-electron chi connectivity index (χ3n) is 3.88. The molecular weight excluding hydrogens is 276 g/mol. The fourth-order valence-electron chi connectivity index (χ4n) is 2.63. The number of anilines is 1. The van der Waals surface area contributed by atoms with Crippen LogP contribution in [0.1, 0.15) is 33.1 Å². The summed E-state index contributed by atoms with van der Waals surface area (Å²) in [5, 5.41) is 13.0. The summed E-state index contributed by atoms with van der Waals surface area (Å²) in [6.07, 6.45) is 3.13. The highest BCUT2D eigenvalue weighted by molar-refractivity contribution is 9.10. The van der Waals surface area contributed by atoms with Gasteiger partial charge in [-0.3, -0.25) is 0 Å². The Balaban J connectivity index is 2.30. The zero-order valence-electron chi connectivity index (χ0n) is 10.3. The molecule has 2 rings (SSSR count). The molecule has 1 atom stereocenters. The fourth-order valence-corrected chi connectivity index (χ4v) is 3.03. The largest absolute Gasteiger partial charge is 0.367 e. The molecule has 1 aliphatic carbocycles. The van der Waals surface area contributed by atoms with Crippen LogP contribution in [0, 0.1) is 16.7 Å². The molecule has 1 fully saturated rings. The summed E-state index contributed by atoms with van der Waals surface area (Å²) in [4.78, 5) is 0. The summed E-state index contributed by atoms with van der Waals surface area (Å²) < 4.78 is 1.03. The third-order valence-corrected chi connectivity index (χ3v) is 4.38. The zero-order chi connectivity index (χ0) is 12.5. The number of nitriles is 1. The topological polar surface area (TPSA) is 35.8 Å². The van der Waals surface area contributed by atoms with Gasteiger partial charge in [-0.05, 0) is 37.5 Å². The van der Waals surface area contributed by atoms with Crippen molar-refractivity contribution in [3.8, 4) is 6.07 Å². The summed E-state index contributed by atoms with van der Waals surface area (Å²) in [6.45, 7) is 4.35. The van der Waals surface area contributed by atoms with Gasteiger partial charge in [-0.15, -0.1) is 0 Å². The first-order valence-corrected chi connectivity index (χ1v) is 6.73. The lowest BCUT2D eigenvalue weighted by molar-refractivity contribution is 0.290. The van der Waals surface area contributed by atoms with Crippen LogP contribution in [0.2, 0.25) is 0 Å². The summed E-state index contributed by atoms with van der Waals surface area (Å²) in [6, 6.07) is 10.5. The van der Waals surface area contributed by atoms with Gasteiger partial charge in [0.15, 0.2) is 0 Å². The van der Waals surface area contributed by atoms with Crippen molar-refractivity contribution in [2.45, 2.75) is 38.6 Å². The Morgan fingerprint density at radius 3 is 2.65 bits per heavy atom. The molecule has 0 aliphatic heterocycles. The van der Waals surface area contributed by atoms with Crippen LogP contribution in [0.5, 0.6) is 0 Å². The maximum absolute atomic E-state index is 9.56. The number of nitrogens with zero attached hydrogens (tertiary/aromatic N) is 1. The van der Waals surface area contributed by atoms with Gasteiger partial charge in [0, 0.05) is 15.6 Å². The Morgan fingerprint density at radius 1 is 1.35 bits per heavy atom. The minimum absolute atomic E-state index is 0.0179. The van der Waals surface area contributed by atoms with Crippen LogP contribution in [0.15, 0.2) is 28.7 Å². The van der Waals surface area contributed by atoms with E-state index in [0.29, 0.717) is 0 Å². The van der Waals surface area contributed by atoms with E-state index in [2.05, 4.69) is 41.2 Å². The summed E-state index contributed by atoms with van der Waals surface area (Å²) in [5.74, 6) is 0. The number of nitrogens with one attached hydrogen (secondary N) is 1. The lowest BCUT2D eigenvalue weighted by atomic mass is 9.75. The van der Waals surface area contributed by atoms with E-state index in [1.165, 1.54) is 0 Å². The second-order valence-corrected chi connectivity index (χ2v) is 6.31. The predicted octanol–water partition coefficient (Wildman–Crippen LogP) is 4.33. The van der Waals surface area contributed by atoms with Gasteiger partial charge in [-0.2, -0.15) is 5.26 Å². The molecule has 90 valence electrons. The van der Waals surface area contributed by atoms with Gasteiger partial charge < -0.3 is 5.32 Å². The standard InChI is InChI=1S/C14H17BrN2/c1-13(2)7-4-8-14(13,10-16)17-12-6-3-5-11(15)9-12/h3,5-6,9,17H,4,7-8H2,1-2H3. The van der Waals surface area contributed by atoms with Crippen molar-refractivity contribution in [3.63, 3.8) is 0 Å². The van der Waals surface area contributed by atoms with Crippen LogP contribution in [0.3, 0.4) is 0 Å². The average molecular weight is 293 g/mol. The van der Waals surface area contributed by atoms with Gasteiger partial charge in [-0.1, -0.05) is 35.8 Å². The Labute approximate surface area is 111 Å². The highest BCUT2D eigenvalue weighted by atomic mass is 79.9. The molecule has 0 saturated heterocycles. The average Bonchev–Trinajstić information content (AvgIpc) is 2.55. The Hall–Kier alpha value is -1.01. The molecule has 0 spiro atoms. The zero-order valence-corrected chi connectivity index (χ0v) is 11.8. The summed E-state index contributed by atoms with van der Waals surface area (Å²) in [7, 11) is 0. The van der Waals surface area contributed by atoms with E-state index in [1.54, 1.807) is 0 Å². The molecule has 0 aromatic heterocycles. The number of hydrogen-bond donors (Lipinski definition) is 1. The molecule has 1 saturated carbocycles. The lowest BCUT2D eigenvalue weighted by Crippen LogP contribution is -2.45. The van der Waals surface area contributed by atoms with Gasteiger partial charge in [0.2, 0.25) is 0 Å². The quantitative estimate of drug-likeness (QED) is 0.880. The summed E-state index contributed by atoms with van der Waals surface area (Å²) in [5.41, 5.74) is 0.591. The van der Waals surface area contributed by atoms with E-state index in [9.17, 15) is 5.26 Å². The van der Waals surface area contributed by atoms with Crippen LogP contribution in [0.25, 0.3) is 0 Å². The maximum Gasteiger partial charge on any atom is 0.130 e. The first-order chi connectivity index (χ1) is 7.99. The molecule has 0 bridgehead atoms. The molecule has 17 heavy (non-hydrogen) atoms. The fraction of sp³-hybridized carbons (Fsp3) is 0.500. The number of hydrogen-bond acceptors (Lipinski definition) is 2. The van der Waals surface area contributed by atoms with Crippen LogP contribution in [0.4, 0.5) is 5.69 Å². The smallest absolute Gasteiger partial charge is 0.130 e. The number of halogens is 1. The molecular formula is C14H17BrN2. The normalized spacial score (nSPS) is 26.5. The van der Waals surface area contributed by atoms with Crippen molar-refractivity contribution < 1.29 is 0 Å². The van der Waals surface area contributed by atoms with E-state index in [1.807, 2.05) is 24.3 Å². The van der Waals surface area contributed by atoms with E-state index in [4.69, 9.17) is 0 Å². The second kappa shape index (κ2) is 4.34. The Bertz CT molecular complexity index is 462. The SMILES string of the molecule is CC1(C)CCCC1(C#N)Nc1cccc(Br)c1. The predicted molar refractivity (Wildman–Crippen MR) is 73.7 cm³/mol. The Morgan fingerprint density at radius 2 is 2.12 bits per heavy atom. The lowest BCUT2D eigenvalue weighted by Gasteiger charge is -2.37. The van der Waals surface area contributed by atoms with Crippen molar-refractivity contribution in [1.82, 2.24) is 0 Å². The molecule has 0 radical (unpaired) electrons. The molecule has 3 heteroatoms. The van der Waals surface area contributed by atoms with Gasteiger partial charge >= 0.3 is 0 Å². The first kappa shape index (κ1) is 12.4. The van der Waals surface area contributed by atoms with E-state index >= 15 is 0 Å². The van der Waals surface area contributed by atoms with Crippen LogP contribution < -0.4 is 5.32 Å². The highest BCUT2D eigenvalue weighted by Gasteiger charge is 2.49. The molecule has 1 aromatic carbocycles. The van der Waals surface area contributed by atoms with Crippen LogP contribution >= 0.6 is 15.9 Å². The van der Waals surface area contributed by atoms with Crippen molar-refractivity contribution in [3.05, 3.63) is 28.7 Å². The van der Waals surface area contributed by atoms with Gasteiger partial charge in [0.05, 0.1) is 6.07 Å². The minimum atomic E-state index is -0.437. The molecule has 0 heterocycles. The van der Waals surface area contributed by atoms with Crippen LogP contribution in [-0.4, -0.2) is 5.54 Å². The van der Waals surface area contributed by atoms with Crippen molar-refractivity contribution in [2.75, 3.05) is 5.32 Å². The molecule has 1 aromatic rings. The monoisotopic (exact) mass is 292 g/mol. The van der Waals surface area contributed by atoms with E-state index in [0.717, 1.165) is 29.4 Å². The molecule has 1 aliphatic rings. The van der Waals surface area contributed by atoms with Crippen molar-refractivity contribution >= 4 is 21.6 Å². The summed E-state index contributed by atoms with van der Waals surface area (Å²) >= 11 is 3.46. The van der Waals surface area contributed by atoms with Gasteiger partial charge in [0.25, 0.3) is 0 Å². The molecule has 0 amide bonds. The van der Waals surface area contributed by atoms with Crippen molar-refractivity contribution in [2.24, 2.45) is 5.41 Å². The number of rotatable bonds is 2. The Kier molecular flexibility index (Phi) is 3.18. The first-order valence-electron chi connectivity index (χ1n) is 5.94. The second-order valence-electron chi connectivity index (χ2n) is 5.39. The van der Waals surface area contributed by atoms with Gasteiger partial charge in [0.1, 0.15) is 5.54 Å². The third kappa shape index (κ3) is 2.19. The van der Waals surface area contributed by atoms with Gasteiger partial charge in [-0.25, -0.2) is 0 Å². The highest BCUT2D eigenvalue weighted by Crippen LogP contribution is 2.47. The number of benzene rings is 1. The molecule has 1 unspecified atom stereocenters. The molecule has 1 N–H and O–H groups in total. The van der Waals surface area contributed by atoms with Crippen LogP contribution in [-0.2, 0) is 0 Å². The minimum Gasteiger partial charge on any atom is -0.367 e. The van der Waals surface area contributed by atoms with E-state index in [-0.39, 0.29) is 5.41 Å². The maximum atomic E-state index is 9.56. The van der Waals surface area contributed by atoms with E-state index < -0.39 is 5.54 Å². The van der Waals surface area contributed by atoms with Crippen molar-refractivity contribution in [1.29, 1.82) is 5.26 Å². The molecule has 2 nitrogen and oxygen atoms in total.